The number of hydrogen-bond acceptors (Lipinski definition) is 3. The van der Waals surface area contributed by atoms with Crippen molar-refractivity contribution < 1.29 is 4.79 Å². The van der Waals surface area contributed by atoms with Crippen molar-refractivity contribution in [3.8, 4) is 0 Å². The summed E-state index contributed by atoms with van der Waals surface area (Å²) in [6, 6.07) is 6.13. The van der Waals surface area contributed by atoms with Crippen LogP contribution in [0.15, 0.2) is 18.2 Å². The number of anilines is 1. The molecule has 0 fully saturated rings. The van der Waals surface area contributed by atoms with Crippen LogP contribution in [-0.2, 0) is 17.9 Å². The largest absolute Gasteiger partial charge is 0.330 e. The summed E-state index contributed by atoms with van der Waals surface area (Å²) in [5, 5.41) is 2.91. The third kappa shape index (κ3) is 3.05. The predicted molar refractivity (Wildman–Crippen MR) is 68.5 cm³/mol. The first-order valence-corrected chi connectivity index (χ1v) is 5.99. The molecule has 0 radical (unpaired) electrons. The molecule has 0 aromatic heterocycles. The van der Waals surface area contributed by atoms with Gasteiger partial charge < -0.3 is 11.1 Å². The van der Waals surface area contributed by atoms with Crippen LogP contribution in [0.25, 0.3) is 0 Å². The standard InChI is InChI=1S/C13H19N3O/c1-16-8-10-4-5-12(7-11(10)9-16)15-13(17)3-2-6-14/h4-5,7H,2-3,6,8-9,14H2,1H3,(H,15,17). The van der Waals surface area contributed by atoms with Crippen LogP contribution in [0.4, 0.5) is 5.69 Å². The molecule has 0 bridgehead atoms. The molecule has 92 valence electrons. The van der Waals surface area contributed by atoms with Gasteiger partial charge in [0.25, 0.3) is 0 Å². The molecule has 0 atom stereocenters. The lowest BCUT2D eigenvalue weighted by Crippen LogP contribution is -2.13. The van der Waals surface area contributed by atoms with E-state index >= 15 is 0 Å². The van der Waals surface area contributed by atoms with Gasteiger partial charge in [-0.05, 0) is 43.3 Å². The molecule has 0 spiro atoms. The van der Waals surface area contributed by atoms with Gasteiger partial charge in [0.05, 0.1) is 0 Å². The molecule has 4 heteroatoms. The zero-order valence-electron chi connectivity index (χ0n) is 10.2. The molecule has 1 heterocycles. The van der Waals surface area contributed by atoms with Crippen molar-refractivity contribution in [1.82, 2.24) is 4.90 Å². The highest BCUT2D eigenvalue weighted by Gasteiger charge is 2.15. The van der Waals surface area contributed by atoms with Crippen LogP contribution in [0.5, 0.6) is 0 Å². The second kappa shape index (κ2) is 5.29. The molecule has 1 aromatic carbocycles. The fourth-order valence-electron chi connectivity index (χ4n) is 2.13. The number of benzene rings is 1. The third-order valence-electron chi connectivity index (χ3n) is 2.98. The van der Waals surface area contributed by atoms with Crippen LogP contribution in [0.3, 0.4) is 0 Å². The maximum Gasteiger partial charge on any atom is 0.224 e. The lowest BCUT2D eigenvalue weighted by molar-refractivity contribution is -0.116. The Morgan fingerprint density at radius 2 is 2.18 bits per heavy atom. The normalized spacial score (nSPS) is 14.7. The van der Waals surface area contributed by atoms with E-state index in [1.54, 1.807) is 0 Å². The van der Waals surface area contributed by atoms with Gasteiger partial charge in [-0.3, -0.25) is 9.69 Å². The van der Waals surface area contributed by atoms with E-state index in [1.807, 2.05) is 6.07 Å². The molecule has 2 rings (SSSR count). The summed E-state index contributed by atoms with van der Waals surface area (Å²) >= 11 is 0. The number of hydrogen-bond donors (Lipinski definition) is 2. The van der Waals surface area contributed by atoms with Crippen molar-refractivity contribution in [2.45, 2.75) is 25.9 Å². The number of carbonyl (C=O) groups excluding carboxylic acids is 1. The van der Waals surface area contributed by atoms with E-state index in [9.17, 15) is 4.79 Å². The summed E-state index contributed by atoms with van der Waals surface area (Å²) in [5.41, 5.74) is 8.93. The maximum absolute atomic E-state index is 11.6. The summed E-state index contributed by atoms with van der Waals surface area (Å²) in [7, 11) is 2.10. The molecule has 1 aliphatic heterocycles. The van der Waals surface area contributed by atoms with Gasteiger partial charge in [-0.25, -0.2) is 0 Å². The molecule has 1 amide bonds. The van der Waals surface area contributed by atoms with Crippen molar-refractivity contribution in [3.05, 3.63) is 29.3 Å². The molecule has 0 aliphatic carbocycles. The van der Waals surface area contributed by atoms with E-state index in [-0.39, 0.29) is 5.91 Å². The highest BCUT2D eigenvalue weighted by molar-refractivity contribution is 5.90. The number of fused-ring (bicyclic) bond motifs is 1. The minimum atomic E-state index is 0.0433. The van der Waals surface area contributed by atoms with Crippen LogP contribution in [0.1, 0.15) is 24.0 Å². The minimum absolute atomic E-state index is 0.0433. The third-order valence-corrected chi connectivity index (χ3v) is 2.98. The van der Waals surface area contributed by atoms with E-state index in [0.717, 1.165) is 25.2 Å². The Balaban J connectivity index is 1.99. The smallest absolute Gasteiger partial charge is 0.224 e. The van der Waals surface area contributed by atoms with E-state index in [4.69, 9.17) is 5.73 Å². The molecule has 0 saturated carbocycles. The van der Waals surface area contributed by atoms with Crippen molar-refractivity contribution in [2.75, 3.05) is 18.9 Å². The number of nitrogens with two attached hydrogens (primary N) is 1. The van der Waals surface area contributed by atoms with Gasteiger partial charge in [0, 0.05) is 25.2 Å². The Morgan fingerprint density at radius 1 is 1.41 bits per heavy atom. The number of nitrogens with one attached hydrogen (secondary N) is 1. The number of carbonyl (C=O) groups is 1. The summed E-state index contributed by atoms with van der Waals surface area (Å²) in [5.74, 6) is 0.0433. The van der Waals surface area contributed by atoms with Crippen LogP contribution < -0.4 is 11.1 Å². The number of rotatable bonds is 4. The summed E-state index contributed by atoms with van der Waals surface area (Å²) in [4.78, 5) is 13.8. The second-order valence-corrected chi connectivity index (χ2v) is 4.60. The van der Waals surface area contributed by atoms with Gasteiger partial charge in [0.2, 0.25) is 5.91 Å². The van der Waals surface area contributed by atoms with E-state index in [2.05, 4.69) is 29.4 Å². The lowest BCUT2D eigenvalue weighted by Gasteiger charge is -2.06. The SMILES string of the molecule is CN1Cc2ccc(NC(=O)CCCN)cc2C1. The lowest BCUT2D eigenvalue weighted by atomic mass is 10.1. The predicted octanol–water partition coefficient (Wildman–Crippen LogP) is 1.31. The quantitative estimate of drug-likeness (QED) is 0.824. The van der Waals surface area contributed by atoms with Crippen LogP contribution in [0.2, 0.25) is 0 Å². The molecular formula is C13H19N3O. The Bertz CT molecular complexity index is 417. The van der Waals surface area contributed by atoms with Gasteiger partial charge in [-0.2, -0.15) is 0 Å². The first kappa shape index (κ1) is 12.1. The second-order valence-electron chi connectivity index (χ2n) is 4.60. The van der Waals surface area contributed by atoms with Gasteiger partial charge in [-0.15, -0.1) is 0 Å². The summed E-state index contributed by atoms with van der Waals surface area (Å²) in [6.07, 6.45) is 1.23. The van der Waals surface area contributed by atoms with Crippen LogP contribution in [0, 0.1) is 0 Å². The zero-order valence-corrected chi connectivity index (χ0v) is 10.2. The number of nitrogens with zero attached hydrogens (tertiary/aromatic N) is 1. The molecule has 17 heavy (non-hydrogen) atoms. The first-order chi connectivity index (χ1) is 8.19. The van der Waals surface area contributed by atoms with E-state index in [0.29, 0.717) is 13.0 Å². The summed E-state index contributed by atoms with van der Waals surface area (Å²) < 4.78 is 0. The highest BCUT2D eigenvalue weighted by Crippen LogP contribution is 2.24. The van der Waals surface area contributed by atoms with Crippen molar-refractivity contribution in [2.24, 2.45) is 5.73 Å². The van der Waals surface area contributed by atoms with Crippen molar-refractivity contribution in [1.29, 1.82) is 0 Å². The van der Waals surface area contributed by atoms with Gasteiger partial charge in [-0.1, -0.05) is 6.07 Å². The monoisotopic (exact) mass is 233 g/mol. The molecule has 3 N–H and O–H groups in total. The molecule has 0 unspecified atom stereocenters. The molecule has 1 aromatic rings. The Morgan fingerprint density at radius 3 is 2.94 bits per heavy atom. The average Bonchev–Trinajstić information content (AvgIpc) is 2.65. The topological polar surface area (TPSA) is 58.4 Å². The van der Waals surface area contributed by atoms with Crippen LogP contribution >= 0.6 is 0 Å². The maximum atomic E-state index is 11.6. The van der Waals surface area contributed by atoms with Gasteiger partial charge in [0.15, 0.2) is 0 Å². The minimum Gasteiger partial charge on any atom is -0.330 e. The van der Waals surface area contributed by atoms with Crippen molar-refractivity contribution in [3.63, 3.8) is 0 Å². The Labute approximate surface area is 102 Å². The van der Waals surface area contributed by atoms with Crippen LogP contribution in [-0.4, -0.2) is 24.4 Å². The fraction of sp³-hybridized carbons (Fsp3) is 0.462. The average molecular weight is 233 g/mol. The summed E-state index contributed by atoms with van der Waals surface area (Å²) in [6.45, 7) is 2.51. The van der Waals surface area contributed by atoms with Gasteiger partial charge >= 0.3 is 0 Å². The van der Waals surface area contributed by atoms with E-state index in [1.165, 1.54) is 11.1 Å². The Hall–Kier alpha value is -1.39. The molecule has 0 saturated heterocycles. The van der Waals surface area contributed by atoms with Gasteiger partial charge in [0.1, 0.15) is 0 Å². The Kier molecular flexibility index (Phi) is 3.76. The highest BCUT2D eigenvalue weighted by atomic mass is 16.1. The molecule has 1 aliphatic rings. The fourth-order valence-corrected chi connectivity index (χ4v) is 2.13. The molecular weight excluding hydrogens is 214 g/mol. The van der Waals surface area contributed by atoms with E-state index < -0.39 is 0 Å². The first-order valence-electron chi connectivity index (χ1n) is 5.99. The molecule has 4 nitrogen and oxygen atoms in total. The van der Waals surface area contributed by atoms with Crippen molar-refractivity contribution >= 4 is 11.6 Å². The number of amides is 1. The zero-order chi connectivity index (χ0) is 12.3.